The second kappa shape index (κ2) is 6.96. The van der Waals surface area contributed by atoms with Crippen LogP contribution in [0, 0.1) is 5.92 Å². The first-order valence-corrected chi connectivity index (χ1v) is 7.57. The number of methoxy groups -OCH3 is 1. The fourth-order valence-corrected chi connectivity index (χ4v) is 2.75. The molecule has 0 bridgehead atoms. The molecule has 0 saturated carbocycles. The van der Waals surface area contributed by atoms with Crippen LogP contribution in [0.2, 0.25) is 0 Å². The average molecular weight is 308 g/mol. The molecule has 1 aliphatic heterocycles. The van der Waals surface area contributed by atoms with Gasteiger partial charge in [0.1, 0.15) is 11.3 Å². The van der Waals surface area contributed by atoms with Crippen LogP contribution in [0.3, 0.4) is 0 Å². The third-order valence-electron chi connectivity index (χ3n) is 3.97. The van der Waals surface area contributed by atoms with E-state index in [0.717, 1.165) is 25.1 Å². The SMILES string of the molecule is COC(=O)C(C)(C)NC(=O)[C@H]1CCCN(Cc2ccco2)C1. The zero-order chi connectivity index (χ0) is 16.2. The third kappa shape index (κ3) is 4.10. The molecule has 1 aromatic heterocycles. The molecule has 1 atom stereocenters. The van der Waals surface area contributed by atoms with E-state index < -0.39 is 11.5 Å². The number of likely N-dealkylation sites (tertiary alicyclic amines) is 1. The molecule has 1 aromatic rings. The molecule has 1 fully saturated rings. The Morgan fingerprint density at radius 3 is 2.91 bits per heavy atom. The summed E-state index contributed by atoms with van der Waals surface area (Å²) in [6.45, 7) is 5.63. The molecule has 1 amide bonds. The van der Waals surface area contributed by atoms with Gasteiger partial charge in [0.25, 0.3) is 0 Å². The summed E-state index contributed by atoms with van der Waals surface area (Å²) in [5.41, 5.74) is -1.00. The number of esters is 1. The second-order valence-electron chi connectivity index (χ2n) is 6.26. The van der Waals surface area contributed by atoms with Gasteiger partial charge in [-0.1, -0.05) is 0 Å². The molecule has 0 unspecified atom stereocenters. The van der Waals surface area contributed by atoms with Gasteiger partial charge >= 0.3 is 5.97 Å². The summed E-state index contributed by atoms with van der Waals surface area (Å²) in [5, 5.41) is 2.79. The lowest BCUT2D eigenvalue weighted by Gasteiger charge is -2.33. The van der Waals surface area contributed by atoms with Crippen LogP contribution in [-0.4, -0.2) is 42.5 Å². The van der Waals surface area contributed by atoms with Crippen LogP contribution in [0.15, 0.2) is 22.8 Å². The van der Waals surface area contributed by atoms with E-state index in [4.69, 9.17) is 9.15 Å². The molecule has 1 saturated heterocycles. The maximum atomic E-state index is 12.4. The van der Waals surface area contributed by atoms with Crippen LogP contribution < -0.4 is 5.32 Å². The fraction of sp³-hybridized carbons (Fsp3) is 0.625. The maximum absolute atomic E-state index is 12.4. The number of rotatable bonds is 5. The van der Waals surface area contributed by atoms with Crippen molar-refractivity contribution in [2.45, 2.75) is 38.8 Å². The minimum atomic E-state index is -1.00. The number of carbonyl (C=O) groups excluding carboxylic acids is 2. The third-order valence-corrected chi connectivity index (χ3v) is 3.97. The fourth-order valence-electron chi connectivity index (χ4n) is 2.75. The van der Waals surface area contributed by atoms with Crippen molar-refractivity contribution in [1.82, 2.24) is 10.2 Å². The average Bonchev–Trinajstić information content (AvgIpc) is 2.99. The minimum absolute atomic E-state index is 0.0976. The Morgan fingerprint density at radius 2 is 2.27 bits per heavy atom. The van der Waals surface area contributed by atoms with Gasteiger partial charge in [-0.3, -0.25) is 9.69 Å². The van der Waals surface area contributed by atoms with E-state index >= 15 is 0 Å². The van der Waals surface area contributed by atoms with E-state index in [2.05, 4.69) is 10.2 Å². The highest BCUT2D eigenvalue weighted by Crippen LogP contribution is 2.20. The summed E-state index contributed by atoms with van der Waals surface area (Å²) in [4.78, 5) is 26.3. The molecule has 0 radical (unpaired) electrons. The zero-order valence-electron chi connectivity index (χ0n) is 13.4. The Labute approximate surface area is 130 Å². The lowest BCUT2D eigenvalue weighted by molar-refractivity contribution is -0.150. The van der Waals surface area contributed by atoms with Gasteiger partial charge in [0.05, 0.1) is 25.8 Å². The van der Waals surface area contributed by atoms with Gasteiger partial charge in [-0.15, -0.1) is 0 Å². The molecule has 1 N–H and O–H groups in total. The Morgan fingerprint density at radius 1 is 1.50 bits per heavy atom. The van der Waals surface area contributed by atoms with Crippen LogP contribution in [0.1, 0.15) is 32.4 Å². The lowest BCUT2D eigenvalue weighted by atomic mass is 9.95. The monoisotopic (exact) mass is 308 g/mol. The molecule has 0 aromatic carbocycles. The Bertz CT molecular complexity index is 510. The molecule has 2 heterocycles. The number of ether oxygens (including phenoxy) is 1. The number of nitrogens with zero attached hydrogens (tertiary/aromatic N) is 1. The lowest BCUT2D eigenvalue weighted by Crippen LogP contribution is -2.54. The Kier molecular flexibility index (Phi) is 5.24. The molecule has 0 spiro atoms. The van der Waals surface area contributed by atoms with Crippen molar-refractivity contribution >= 4 is 11.9 Å². The minimum Gasteiger partial charge on any atom is -0.468 e. The number of amides is 1. The number of nitrogens with one attached hydrogen (secondary N) is 1. The Balaban J connectivity index is 1.91. The highest BCUT2D eigenvalue weighted by Gasteiger charge is 2.34. The highest BCUT2D eigenvalue weighted by atomic mass is 16.5. The van der Waals surface area contributed by atoms with Gasteiger partial charge in [0.15, 0.2) is 0 Å². The summed E-state index contributed by atoms with van der Waals surface area (Å²) in [6.07, 6.45) is 3.44. The molecule has 6 nitrogen and oxygen atoms in total. The van der Waals surface area contributed by atoms with E-state index in [0.29, 0.717) is 13.1 Å². The zero-order valence-corrected chi connectivity index (χ0v) is 13.4. The number of piperidine rings is 1. The summed E-state index contributed by atoms with van der Waals surface area (Å²) in [5.74, 6) is 0.243. The van der Waals surface area contributed by atoms with Crippen molar-refractivity contribution in [3.05, 3.63) is 24.2 Å². The standard InChI is InChI=1S/C16H24N2O4/c1-16(2,15(20)21-3)17-14(19)12-6-4-8-18(10-12)11-13-7-5-9-22-13/h5,7,9,12H,4,6,8,10-11H2,1-3H3,(H,17,19)/t12-/m0/s1. The van der Waals surface area contributed by atoms with Crippen LogP contribution in [0.5, 0.6) is 0 Å². The molecule has 22 heavy (non-hydrogen) atoms. The van der Waals surface area contributed by atoms with Crippen LogP contribution in [-0.2, 0) is 20.9 Å². The first-order chi connectivity index (χ1) is 10.4. The molecule has 6 heteroatoms. The number of hydrogen-bond acceptors (Lipinski definition) is 5. The molecular formula is C16H24N2O4. The van der Waals surface area contributed by atoms with Crippen molar-refractivity contribution in [2.24, 2.45) is 5.92 Å². The van der Waals surface area contributed by atoms with E-state index in [1.807, 2.05) is 12.1 Å². The van der Waals surface area contributed by atoms with Gasteiger partial charge in [-0.25, -0.2) is 4.79 Å². The van der Waals surface area contributed by atoms with Gasteiger partial charge < -0.3 is 14.5 Å². The van der Waals surface area contributed by atoms with Crippen molar-refractivity contribution in [3.8, 4) is 0 Å². The summed E-state index contributed by atoms with van der Waals surface area (Å²) in [7, 11) is 1.32. The quantitative estimate of drug-likeness (QED) is 0.836. The number of carbonyl (C=O) groups is 2. The first kappa shape index (κ1) is 16.5. The normalized spacial score (nSPS) is 19.7. The van der Waals surface area contributed by atoms with E-state index in [1.165, 1.54) is 7.11 Å². The van der Waals surface area contributed by atoms with E-state index in [9.17, 15) is 9.59 Å². The van der Waals surface area contributed by atoms with Crippen LogP contribution in [0.4, 0.5) is 0 Å². The van der Waals surface area contributed by atoms with Crippen LogP contribution in [0.25, 0.3) is 0 Å². The molecule has 0 aliphatic carbocycles. The van der Waals surface area contributed by atoms with Gasteiger partial charge in [-0.2, -0.15) is 0 Å². The second-order valence-corrected chi connectivity index (χ2v) is 6.26. The van der Waals surface area contributed by atoms with E-state index in [1.54, 1.807) is 20.1 Å². The number of furan rings is 1. The van der Waals surface area contributed by atoms with Gasteiger partial charge in [0, 0.05) is 6.54 Å². The van der Waals surface area contributed by atoms with Crippen molar-refractivity contribution in [2.75, 3.05) is 20.2 Å². The van der Waals surface area contributed by atoms with Crippen LogP contribution >= 0.6 is 0 Å². The Hall–Kier alpha value is -1.82. The first-order valence-electron chi connectivity index (χ1n) is 7.57. The predicted octanol–water partition coefficient (Wildman–Crippen LogP) is 1.56. The number of hydrogen-bond donors (Lipinski definition) is 1. The topological polar surface area (TPSA) is 71.8 Å². The molecular weight excluding hydrogens is 284 g/mol. The van der Waals surface area contributed by atoms with Gasteiger partial charge in [0.2, 0.25) is 5.91 Å². The molecule has 2 rings (SSSR count). The largest absolute Gasteiger partial charge is 0.468 e. The van der Waals surface area contributed by atoms with Gasteiger partial charge in [-0.05, 0) is 45.4 Å². The molecule has 1 aliphatic rings. The predicted molar refractivity (Wildman–Crippen MR) is 80.9 cm³/mol. The smallest absolute Gasteiger partial charge is 0.330 e. The van der Waals surface area contributed by atoms with Crippen molar-refractivity contribution in [1.29, 1.82) is 0 Å². The summed E-state index contributed by atoms with van der Waals surface area (Å²) < 4.78 is 10.1. The van der Waals surface area contributed by atoms with E-state index in [-0.39, 0.29) is 11.8 Å². The summed E-state index contributed by atoms with van der Waals surface area (Å²) >= 11 is 0. The van der Waals surface area contributed by atoms with Crippen molar-refractivity contribution in [3.63, 3.8) is 0 Å². The van der Waals surface area contributed by atoms with Crippen molar-refractivity contribution < 1.29 is 18.7 Å². The maximum Gasteiger partial charge on any atom is 0.330 e. The highest BCUT2D eigenvalue weighted by molar-refractivity contribution is 5.88. The molecule has 122 valence electrons. The summed E-state index contributed by atoms with van der Waals surface area (Å²) in [6, 6.07) is 3.80.